The van der Waals surface area contributed by atoms with E-state index in [1.54, 1.807) is 0 Å². The molecule has 0 bridgehead atoms. The average molecular weight is 501 g/mol. The molecule has 0 radical (unpaired) electrons. The maximum atomic E-state index is 13.3. The Morgan fingerprint density at radius 1 is 1.07 bits per heavy atom. The van der Waals surface area contributed by atoms with Crippen LogP contribution in [0.15, 0.2) is 72.8 Å². The Morgan fingerprint density at radius 2 is 1.76 bits per heavy atom. The van der Waals surface area contributed by atoms with Crippen molar-refractivity contribution in [2.45, 2.75) is 12.1 Å². The number of ether oxygens (including phenoxy) is 1. The number of hydrogen-bond donors (Lipinski definition) is 1. The molecule has 0 aliphatic carbocycles. The summed E-state index contributed by atoms with van der Waals surface area (Å²) < 4.78 is 5.54. The van der Waals surface area contributed by atoms with Crippen molar-refractivity contribution in [3.63, 3.8) is 0 Å². The second kappa shape index (κ2) is 8.51. The van der Waals surface area contributed by atoms with Crippen LogP contribution >= 0.6 is 22.6 Å². The van der Waals surface area contributed by atoms with E-state index in [0.717, 1.165) is 21.2 Å². The molecule has 1 heterocycles. The monoisotopic (exact) mass is 501 g/mol. The van der Waals surface area contributed by atoms with E-state index in [1.165, 1.54) is 0 Å². The Kier molecular flexibility index (Phi) is 5.82. The zero-order valence-electron chi connectivity index (χ0n) is 15.6. The third-order valence-corrected chi connectivity index (χ3v) is 6.22. The first-order valence-corrected chi connectivity index (χ1v) is 10.9. The minimum atomic E-state index is -1.02. The normalized spacial score (nSPS) is 18.5. The Labute approximate surface area is 182 Å². The zero-order chi connectivity index (χ0) is 20.4. The first-order valence-electron chi connectivity index (χ1n) is 9.37. The second-order valence-corrected chi connectivity index (χ2v) is 7.90. The third kappa shape index (κ3) is 3.86. The van der Waals surface area contributed by atoms with Gasteiger partial charge in [-0.05, 0) is 28.0 Å². The number of imide groups is 1. The summed E-state index contributed by atoms with van der Waals surface area (Å²) in [6.07, 6.45) is -1.68. The number of nitrogens with zero attached hydrogens (tertiary/aromatic N) is 1. The average Bonchev–Trinajstić information content (AvgIpc) is 3.15. The molecule has 1 saturated heterocycles. The molecule has 29 heavy (non-hydrogen) atoms. The molecule has 1 N–H and O–H groups in total. The number of rotatable bonds is 5. The summed E-state index contributed by atoms with van der Waals surface area (Å²) in [6.45, 7) is 0.120. The smallest absolute Gasteiger partial charge is 0.417 e. The topological polar surface area (TPSA) is 66.8 Å². The van der Waals surface area contributed by atoms with Gasteiger partial charge < -0.3 is 9.84 Å². The predicted molar refractivity (Wildman–Crippen MR) is 119 cm³/mol. The highest BCUT2D eigenvalue weighted by molar-refractivity contribution is 14.1. The highest BCUT2D eigenvalue weighted by Crippen LogP contribution is 2.34. The Morgan fingerprint density at radius 3 is 2.48 bits per heavy atom. The van der Waals surface area contributed by atoms with Crippen LogP contribution in [-0.2, 0) is 9.53 Å². The molecule has 1 aliphatic rings. The summed E-state index contributed by atoms with van der Waals surface area (Å²) in [4.78, 5) is 26.8. The van der Waals surface area contributed by atoms with Gasteiger partial charge in [0.25, 0.3) is 0 Å². The van der Waals surface area contributed by atoms with Gasteiger partial charge in [-0.1, -0.05) is 89.3 Å². The van der Waals surface area contributed by atoms with E-state index in [0.29, 0.717) is 9.99 Å². The lowest BCUT2D eigenvalue weighted by atomic mass is 9.93. The van der Waals surface area contributed by atoms with Crippen LogP contribution in [0.2, 0.25) is 0 Å². The number of halogens is 1. The van der Waals surface area contributed by atoms with Crippen molar-refractivity contribution in [1.82, 2.24) is 4.90 Å². The molecule has 1 fully saturated rings. The van der Waals surface area contributed by atoms with E-state index in [2.05, 4.69) is 22.6 Å². The molecule has 3 aromatic carbocycles. The lowest BCUT2D eigenvalue weighted by molar-refractivity contribution is -0.136. The molecule has 4 rings (SSSR count). The second-order valence-electron chi connectivity index (χ2n) is 7.02. The van der Waals surface area contributed by atoms with Crippen LogP contribution in [0, 0.1) is 5.92 Å². The minimum Gasteiger partial charge on any atom is -0.446 e. The summed E-state index contributed by atoms with van der Waals surface area (Å²) in [5.41, 5.74) is 1.49. The molecule has 0 unspecified atom stereocenters. The number of aliphatic hydroxyl groups excluding tert-OH is 1. The molecule has 2 amide bonds. The van der Waals surface area contributed by atoms with E-state index in [4.69, 9.17) is 4.74 Å². The molecule has 0 spiro atoms. The molecule has 3 aromatic rings. The van der Waals surface area contributed by atoms with E-state index in [-0.39, 0.29) is 6.61 Å². The van der Waals surface area contributed by atoms with Gasteiger partial charge in [-0.15, -0.1) is 0 Å². The lowest BCUT2D eigenvalue weighted by Gasteiger charge is -2.27. The standard InChI is InChI=1S/C23H20INO4/c24-13-19(21(26)18-11-10-15-6-4-5-9-17(15)12-18)22(27)25-20(14-29-23(25)28)16-7-2-1-3-8-16/h1-12,19-21,26H,13-14H2/t19-,20-,21-/m1/s1. The first-order chi connectivity index (χ1) is 14.1. The lowest BCUT2D eigenvalue weighted by Crippen LogP contribution is -2.41. The maximum Gasteiger partial charge on any atom is 0.417 e. The number of carbonyl (C=O) groups is 2. The van der Waals surface area contributed by atoms with E-state index in [9.17, 15) is 14.7 Å². The van der Waals surface area contributed by atoms with Crippen molar-refractivity contribution < 1.29 is 19.4 Å². The first kappa shape index (κ1) is 19.8. The fourth-order valence-corrected chi connectivity index (χ4v) is 4.53. The van der Waals surface area contributed by atoms with Gasteiger partial charge in [-0.25, -0.2) is 9.69 Å². The molecule has 1 aliphatic heterocycles. The summed E-state index contributed by atoms with van der Waals surface area (Å²) in [6, 6.07) is 22.4. The number of fused-ring (bicyclic) bond motifs is 1. The van der Waals surface area contributed by atoms with Gasteiger partial charge in [0.05, 0.1) is 12.0 Å². The summed E-state index contributed by atoms with van der Waals surface area (Å²) in [5.74, 6) is -1.18. The molecule has 0 saturated carbocycles. The Bertz CT molecular complexity index is 1040. The molecule has 0 aromatic heterocycles. The van der Waals surface area contributed by atoms with Crippen LogP contribution in [-0.4, -0.2) is 33.0 Å². The summed E-state index contributed by atoms with van der Waals surface area (Å²) in [7, 11) is 0. The van der Waals surface area contributed by atoms with Gasteiger partial charge in [0, 0.05) is 4.43 Å². The van der Waals surface area contributed by atoms with Crippen molar-refractivity contribution in [3.05, 3.63) is 83.9 Å². The number of aliphatic hydroxyl groups is 1. The number of benzene rings is 3. The number of cyclic esters (lactones) is 1. The fourth-order valence-electron chi connectivity index (χ4n) is 3.67. The predicted octanol–water partition coefficient (Wildman–Crippen LogP) is 4.64. The van der Waals surface area contributed by atoms with Crippen molar-refractivity contribution in [2.75, 3.05) is 11.0 Å². The maximum absolute atomic E-state index is 13.3. The summed E-state index contributed by atoms with van der Waals surface area (Å²) in [5, 5.41) is 13.1. The molecule has 3 atom stereocenters. The zero-order valence-corrected chi connectivity index (χ0v) is 17.7. The van der Waals surface area contributed by atoms with Crippen molar-refractivity contribution in [3.8, 4) is 0 Å². The molecular weight excluding hydrogens is 481 g/mol. The van der Waals surface area contributed by atoms with Gasteiger partial charge in [0.2, 0.25) is 5.91 Å². The van der Waals surface area contributed by atoms with Crippen molar-refractivity contribution in [2.24, 2.45) is 5.92 Å². The van der Waals surface area contributed by atoms with Crippen LogP contribution in [0.3, 0.4) is 0 Å². The van der Waals surface area contributed by atoms with Crippen LogP contribution in [0.5, 0.6) is 0 Å². The van der Waals surface area contributed by atoms with Crippen LogP contribution < -0.4 is 0 Å². The van der Waals surface area contributed by atoms with E-state index >= 15 is 0 Å². The highest BCUT2D eigenvalue weighted by Gasteiger charge is 2.43. The van der Waals surface area contributed by atoms with Crippen LogP contribution in [0.4, 0.5) is 4.79 Å². The number of amides is 2. The number of hydrogen-bond acceptors (Lipinski definition) is 4. The third-order valence-electron chi connectivity index (χ3n) is 5.27. The van der Waals surface area contributed by atoms with Gasteiger partial charge in [0.1, 0.15) is 12.6 Å². The van der Waals surface area contributed by atoms with Crippen LogP contribution in [0.1, 0.15) is 23.3 Å². The van der Waals surface area contributed by atoms with E-state index in [1.807, 2.05) is 72.8 Å². The van der Waals surface area contributed by atoms with Crippen LogP contribution in [0.25, 0.3) is 10.8 Å². The minimum absolute atomic E-state index is 0.120. The Balaban J connectivity index is 1.63. The van der Waals surface area contributed by atoms with E-state index < -0.39 is 30.1 Å². The quantitative estimate of drug-likeness (QED) is 0.409. The molecule has 6 heteroatoms. The summed E-state index contributed by atoms with van der Waals surface area (Å²) >= 11 is 2.08. The van der Waals surface area contributed by atoms with Gasteiger partial charge in [-0.2, -0.15) is 0 Å². The fraction of sp³-hybridized carbons (Fsp3) is 0.217. The van der Waals surface area contributed by atoms with Gasteiger partial charge in [-0.3, -0.25) is 4.79 Å². The molecule has 5 nitrogen and oxygen atoms in total. The molecular formula is C23H20INO4. The number of alkyl halides is 1. The SMILES string of the molecule is O=C1OC[C@H](c2ccccc2)N1C(=O)[C@H](CI)[C@H](O)c1ccc2ccccc2c1. The van der Waals surface area contributed by atoms with Gasteiger partial charge in [0.15, 0.2) is 0 Å². The van der Waals surface area contributed by atoms with Crippen molar-refractivity contribution >= 4 is 45.4 Å². The highest BCUT2D eigenvalue weighted by atomic mass is 127. The number of carbonyl (C=O) groups excluding carboxylic acids is 2. The van der Waals surface area contributed by atoms with Gasteiger partial charge >= 0.3 is 6.09 Å². The molecule has 148 valence electrons. The van der Waals surface area contributed by atoms with Crippen molar-refractivity contribution in [1.29, 1.82) is 0 Å². The largest absolute Gasteiger partial charge is 0.446 e. The Hall–Kier alpha value is -2.45.